The van der Waals surface area contributed by atoms with E-state index in [1.54, 1.807) is 19.3 Å². The van der Waals surface area contributed by atoms with Crippen LogP contribution in [0, 0.1) is 5.41 Å². The number of carboxylic acids is 1. The standard InChI is InChI=1S/C11H13BrN2O2/c1-11(10(15)16)3-5-14(7-11)9-2-4-13-6-8(9)12/h2,4,6H,3,5,7H2,1H3,(H,15,16). The Balaban J connectivity index is 2.22. The Morgan fingerprint density at radius 1 is 1.69 bits per heavy atom. The van der Waals surface area contributed by atoms with Gasteiger partial charge >= 0.3 is 5.97 Å². The second kappa shape index (κ2) is 4.05. The quantitative estimate of drug-likeness (QED) is 0.904. The summed E-state index contributed by atoms with van der Waals surface area (Å²) in [5.41, 5.74) is 0.378. The summed E-state index contributed by atoms with van der Waals surface area (Å²) in [6, 6.07) is 1.90. The predicted octanol–water partition coefficient (Wildman–Crippen LogP) is 2.15. The first-order valence-corrected chi connectivity index (χ1v) is 5.90. The zero-order valence-electron chi connectivity index (χ0n) is 8.98. The molecule has 16 heavy (non-hydrogen) atoms. The van der Waals surface area contributed by atoms with Gasteiger partial charge in [0.25, 0.3) is 0 Å². The van der Waals surface area contributed by atoms with Crippen LogP contribution in [0.3, 0.4) is 0 Å². The Morgan fingerprint density at radius 2 is 2.44 bits per heavy atom. The Morgan fingerprint density at radius 3 is 3.00 bits per heavy atom. The number of halogens is 1. The lowest BCUT2D eigenvalue weighted by atomic mass is 9.90. The van der Waals surface area contributed by atoms with Gasteiger partial charge in [-0.2, -0.15) is 0 Å². The molecule has 4 nitrogen and oxygen atoms in total. The first-order chi connectivity index (χ1) is 7.53. The van der Waals surface area contributed by atoms with Crippen molar-refractivity contribution in [1.82, 2.24) is 4.98 Å². The lowest BCUT2D eigenvalue weighted by Gasteiger charge is -2.22. The van der Waals surface area contributed by atoms with Gasteiger partial charge in [0.05, 0.1) is 15.6 Å². The monoisotopic (exact) mass is 284 g/mol. The SMILES string of the molecule is CC1(C(=O)O)CCN(c2ccncc2Br)C1. The number of pyridine rings is 1. The van der Waals surface area contributed by atoms with Gasteiger partial charge in [0, 0.05) is 25.5 Å². The van der Waals surface area contributed by atoms with Crippen LogP contribution in [0.5, 0.6) is 0 Å². The molecule has 1 aliphatic heterocycles. The molecule has 0 aromatic carbocycles. The molecule has 5 heteroatoms. The maximum absolute atomic E-state index is 11.1. The largest absolute Gasteiger partial charge is 0.481 e. The fraction of sp³-hybridized carbons (Fsp3) is 0.455. The fourth-order valence-electron chi connectivity index (χ4n) is 1.97. The van der Waals surface area contributed by atoms with Crippen LogP contribution in [0.1, 0.15) is 13.3 Å². The summed E-state index contributed by atoms with van der Waals surface area (Å²) in [6.07, 6.45) is 4.12. The van der Waals surface area contributed by atoms with Gasteiger partial charge in [-0.05, 0) is 35.3 Å². The summed E-state index contributed by atoms with van der Waals surface area (Å²) in [6.45, 7) is 3.11. The average Bonchev–Trinajstić information content (AvgIpc) is 2.63. The Kier molecular flexibility index (Phi) is 2.88. The molecule has 1 aromatic rings. The van der Waals surface area contributed by atoms with Crippen LogP contribution in [0.25, 0.3) is 0 Å². The number of aliphatic carboxylic acids is 1. The van der Waals surface area contributed by atoms with Crippen LogP contribution in [0.2, 0.25) is 0 Å². The van der Waals surface area contributed by atoms with Crippen molar-refractivity contribution in [2.45, 2.75) is 13.3 Å². The van der Waals surface area contributed by atoms with Crippen LogP contribution in [-0.2, 0) is 4.79 Å². The highest BCUT2D eigenvalue weighted by Gasteiger charge is 2.40. The third kappa shape index (κ3) is 1.91. The summed E-state index contributed by atoms with van der Waals surface area (Å²) in [4.78, 5) is 17.2. The second-order valence-corrected chi connectivity index (χ2v) is 5.22. The molecule has 0 saturated carbocycles. The first-order valence-electron chi connectivity index (χ1n) is 5.11. The lowest BCUT2D eigenvalue weighted by molar-refractivity contribution is -0.146. The second-order valence-electron chi connectivity index (χ2n) is 4.36. The van der Waals surface area contributed by atoms with Crippen LogP contribution >= 0.6 is 15.9 Å². The Labute approximate surface area is 102 Å². The molecular formula is C11H13BrN2O2. The number of aromatic nitrogens is 1. The average molecular weight is 285 g/mol. The minimum absolute atomic E-state index is 0.547. The van der Waals surface area contributed by atoms with Gasteiger partial charge in [0.15, 0.2) is 0 Å². The zero-order chi connectivity index (χ0) is 11.8. The van der Waals surface area contributed by atoms with E-state index in [9.17, 15) is 4.79 Å². The van der Waals surface area contributed by atoms with Gasteiger partial charge in [-0.1, -0.05) is 0 Å². The molecule has 0 aliphatic carbocycles. The van der Waals surface area contributed by atoms with Crippen LogP contribution in [-0.4, -0.2) is 29.1 Å². The molecule has 0 amide bonds. The van der Waals surface area contributed by atoms with Crippen LogP contribution < -0.4 is 4.90 Å². The molecular weight excluding hydrogens is 272 g/mol. The molecule has 0 bridgehead atoms. The molecule has 0 radical (unpaired) electrons. The molecule has 2 heterocycles. The van der Waals surface area contributed by atoms with E-state index >= 15 is 0 Å². The lowest BCUT2D eigenvalue weighted by Crippen LogP contribution is -2.31. The molecule has 2 rings (SSSR count). The van der Waals surface area contributed by atoms with E-state index in [0.29, 0.717) is 13.0 Å². The van der Waals surface area contributed by atoms with Crippen molar-refractivity contribution in [3.63, 3.8) is 0 Å². The number of carboxylic acid groups (broad SMARTS) is 1. The van der Waals surface area contributed by atoms with Crippen LogP contribution in [0.4, 0.5) is 5.69 Å². The number of anilines is 1. The summed E-state index contributed by atoms with van der Waals surface area (Å²) in [7, 11) is 0. The third-order valence-corrected chi connectivity index (χ3v) is 3.69. The van der Waals surface area contributed by atoms with E-state index in [1.165, 1.54) is 0 Å². The van der Waals surface area contributed by atoms with Crippen LogP contribution in [0.15, 0.2) is 22.9 Å². The first kappa shape index (κ1) is 11.4. The predicted molar refractivity (Wildman–Crippen MR) is 64.5 cm³/mol. The maximum Gasteiger partial charge on any atom is 0.311 e. The van der Waals surface area contributed by atoms with E-state index in [4.69, 9.17) is 5.11 Å². The maximum atomic E-state index is 11.1. The van der Waals surface area contributed by atoms with Gasteiger partial charge in [0.1, 0.15) is 0 Å². The molecule has 1 N–H and O–H groups in total. The van der Waals surface area contributed by atoms with Gasteiger partial charge in [0.2, 0.25) is 0 Å². The van der Waals surface area contributed by atoms with E-state index in [1.807, 2.05) is 6.07 Å². The van der Waals surface area contributed by atoms with E-state index < -0.39 is 11.4 Å². The number of hydrogen-bond acceptors (Lipinski definition) is 3. The zero-order valence-corrected chi connectivity index (χ0v) is 10.6. The molecule has 0 spiro atoms. The molecule has 1 saturated heterocycles. The normalized spacial score (nSPS) is 24.8. The Hall–Kier alpha value is -1.10. The fourth-order valence-corrected chi connectivity index (χ4v) is 2.47. The number of hydrogen-bond donors (Lipinski definition) is 1. The van der Waals surface area contributed by atoms with Gasteiger partial charge in [-0.3, -0.25) is 9.78 Å². The third-order valence-electron chi connectivity index (χ3n) is 3.08. The highest BCUT2D eigenvalue weighted by atomic mass is 79.9. The number of nitrogens with zero attached hydrogens (tertiary/aromatic N) is 2. The molecule has 1 unspecified atom stereocenters. The number of rotatable bonds is 2. The smallest absolute Gasteiger partial charge is 0.311 e. The van der Waals surface area contributed by atoms with Gasteiger partial charge in [-0.15, -0.1) is 0 Å². The molecule has 1 aromatic heterocycles. The molecule has 86 valence electrons. The van der Waals surface area contributed by atoms with E-state index in [0.717, 1.165) is 16.7 Å². The minimum Gasteiger partial charge on any atom is -0.481 e. The minimum atomic E-state index is -0.722. The summed E-state index contributed by atoms with van der Waals surface area (Å²) in [5.74, 6) is -0.722. The summed E-state index contributed by atoms with van der Waals surface area (Å²) in [5, 5.41) is 9.16. The van der Waals surface area contributed by atoms with Crippen molar-refractivity contribution in [3.8, 4) is 0 Å². The van der Waals surface area contributed by atoms with Gasteiger partial charge in [-0.25, -0.2) is 0 Å². The number of carbonyl (C=O) groups is 1. The molecule has 1 aliphatic rings. The van der Waals surface area contributed by atoms with E-state index in [-0.39, 0.29) is 0 Å². The summed E-state index contributed by atoms with van der Waals surface area (Å²) < 4.78 is 0.907. The van der Waals surface area contributed by atoms with Crippen molar-refractivity contribution in [3.05, 3.63) is 22.9 Å². The van der Waals surface area contributed by atoms with E-state index in [2.05, 4.69) is 25.8 Å². The Bertz CT molecular complexity index is 424. The topological polar surface area (TPSA) is 53.4 Å². The van der Waals surface area contributed by atoms with Crippen molar-refractivity contribution in [2.75, 3.05) is 18.0 Å². The molecule has 1 atom stereocenters. The van der Waals surface area contributed by atoms with Crippen molar-refractivity contribution in [2.24, 2.45) is 5.41 Å². The van der Waals surface area contributed by atoms with Crippen molar-refractivity contribution in [1.29, 1.82) is 0 Å². The molecule has 1 fully saturated rings. The highest BCUT2D eigenvalue weighted by molar-refractivity contribution is 9.10. The highest BCUT2D eigenvalue weighted by Crippen LogP contribution is 2.35. The summed E-state index contributed by atoms with van der Waals surface area (Å²) >= 11 is 3.43. The van der Waals surface area contributed by atoms with Crippen molar-refractivity contribution < 1.29 is 9.90 Å². The van der Waals surface area contributed by atoms with Gasteiger partial charge < -0.3 is 10.0 Å². The van der Waals surface area contributed by atoms with Crippen molar-refractivity contribution >= 4 is 27.6 Å².